The summed E-state index contributed by atoms with van der Waals surface area (Å²) in [5, 5.41) is 0. The fourth-order valence-corrected chi connectivity index (χ4v) is 2.59. The molecule has 1 aliphatic rings. The minimum Gasteiger partial charge on any atom is -0.466 e. The van der Waals surface area contributed by atoms with Crippen LogP contribution in [0.3, 0.4) is 0 Å². The van der Waals surface area contributed by atoms with Gasteiger partial charge in [-0.3, -0.25) is 9.78 Å². The van der Waals surface area contributed by atoms with Gasteiger partial charge in [0.15, 0.2) is 0 Å². The Morgan fingerprint density at radius 2 is 1.39 bits per heavy atom. The highest BCUT2D eigenvalue weighted by atomic mass is 16.5. The summed E-state index contributed by atoms with van der Waals surface area (Å²) in [6.07, 6.45) is 9.17. The molecule has 12 nitrogen and oxygen atoms in total. The molecule has 33 heavy (non-hydrogen) atoms. The lowest BCUT2D eigenvalue weighted by molar-refractivity contribution is -0.143. The lowest BCUT2D eigenvalue weighted by Gasteiger charge is -2.09. The van der Waals surface area contributed by atoms with Gasteiger partial charge in [-0.25, -0.2) is 33.1 Å². The van der Waals surface area contributed by atoms with E-state index in [2.05, 4.69) is 0 Å². The lowest BCUT2D eigenvalue weighted by atomic mass is 10.2. The molecule has 1 N–H and O–H groups in total. The zero-order chi connectivity index (χ0) is 24.6. The Bertz CT molecular complexity index is 955. The standard InChI is InChI=1S/C15H19N3O7.C6H10O2/c1-3-5-11(19)24-9-7-17-13(21)16-14(22)18(15(17)23)8-10-25-12(20)6-4-2;7-6-4-2-1-3-5-8-6/h3-6H,7-10H2,1-2H3,(H,16,21,22);1-5H2. The molecule has 12 heteroatoms. The summed E-state index contributed by atoms with van der Waals surface area (Å²) in [6, 6.07) is 0. The van der Waals surface area contributed by atoms with Crippen molar-refractivity contribution in [3.8, 4) is 0 Å². The van der Waals surface area contributed by atoms with Crippen LogP contribution < -0.4 is 17.1 Å². The fraction of sp³-hybridized carbons (Fsp3) is 0.524. The number of esters is 3. The minimum atomic E-state index is -0.917. The highest BCUT2D eigenvalue weighted by Gasteiger charge is 2.11. The van der Waals surface area contributed by atoms with Crippen LogP contribution in [0, 0.1) is 0 Å². The number of carbonyl (C=O) groups excluding carboxylic acids is 3. The highest BCUT2D eigenvalue weighted by Crippen LogP contribution is 2.06. The number of rotatable bonds is 8. The number of hydrogen-bond acceptors (Lipinski definition) is 9. The van der Waals surface area contributed by atoms with Gasteiger partial charge in [-0.15, -0.1) is 0 Å². The van der Waals surface area contributed by atoms with Crippen LogP contribution in [0.5, 0.6) is 0 Å². The van der Waals surface area contributed by atoms with Crippen LogP contribution in [0.2, 0.25) is 0 Å². The number of carbonyl (C=O) groups is 3. The Hall–Kier alpha value is -3.70. The maximum Gasteiger partial charge on any atom is 0.336 e. The predicted octanol–water partition coefficient (Wildman–Crippen LogP) is 0.0405. The molecule has 0 aromatic carbocycles. The van der Waals surface area contributed by atoms with E-state index in [0.717, 1.165) is 28.4 Å². The van der Waals surface area contributed by atoms with Crippen molar-refractivity contribution >= 4 is 17.9 Å². The third kappa shape index (κ3) is 10.4. The molecule has 182 valence electrons. The van der Waals surface area contributed by atoms with Crippen molar-refractivity contribution in [1.82, 2.24) is 14.1 Å². The minimum absolute atomic E-state index is 0.0255. The predicted molar refractivity (Wildman–Crippen MR) is 117 cm³/mol. The second-order valence-corrected chi connectivity index (χ2v) is 6.69. The molecule has 0 amide bonds. The first-order valence-electron chi connectivity index (χ1n) is 10.5. The molecule has 1 aromatic rings. The third-order valence-corrected chi connectivity index (χ3v) is 4.18. The number of hydrogen-bond donors (Lipinski definition) is 1. The van der Waals surface area contributed by atoms with Gasteiger partial charge in [-0.1, -0.05) is 12.2 Å². The molecule has 1 fully saturated rings. The van der Waals surface area contributed by atoms with E-state index < -0.39 is 29.0 Å². The van der Waals surface area contributed by atoms with Gasteiger partial charge in [0.2, 0.25) is 0 Å². The second-order valence-electron chi connectivity index (χ2n) is 6.69. The SMILES string of the molecule is CC=CC(=O)OCCn1c(=O)[nH]c(=O)n(CCOC(=O)C=CC)c1=O.O=C1CCCCCO1. The average Bonchev–Trinajstić information content (AvgIpc) is 3.01. The fourth-order valence-electron chi connectivity index (χ4n) is 2.59. The summed E-state index contributed by atoms with van der Waals surface area (Å²) in [5.41, 5.74) is -2.73. The molecular formula is C21H29N3O9. The van der Waals surface area contributed by atoms with E-state index in [0.29, 0.717) is 13.0 Å². The Balaban J connectivity index is 0.000000568. The van der Waals surface area contributed by atoms with E-state index in [1.165, 1.54) is 24.3 Å². The topological polar surface area (TPSA) is 156 Å². The van der Waals surface area contributed by atoms with Crippen LogP contribution in [-0.4, -0.2) is 51.8 Å². The largest absolute Gasteiger partial charge is 0.466 e. The Morgan fingerprint density at radius 1 is 0.879 bits per heavy atom. The smallest absolute Gasteiger partial charge is 0.336 e. The molecule has 0 saturated carbocycles. The third-order valence-electron chi connectivity index (χ3n) is 4.18. The number of nitrogens with zero attached hydrogens (tertiary/aromatic N) is 2. The number of cyclic esters (lactones) is 1. The zero-order valence-corrected chi connectivity index (χ0v) is 18.7. The molecule has 2 rings (SSSR count). The molecule has 2 heterocycles. The number of allylic oxidation sites excluding steroid dienone is 2. The van der Waals surface area contributed by atoms with E-state index in [4.69, 9.17) is 14.2 Å². The van der Waals surface area contributed by atoms with Gasteiger partial charge in [-0.2, -0.15) is 0 Å². The number of ether oxygens (including phenoxy) is 3. The summed E-state index contributed by atoms with van der Waals surface area (Å²) >= 11 is 0. The zero-order valence-electron chi connectivity index (χ0n) is 18.7. The van der Waals surface area contributed by atoms with Crippen molar-refractivity contribution < 1.29 is 28.6 Å². The van der Waals surface area contributed by atoms with Crippen molar-refractivity contribution in [3.05, 3.63) is 55.8 Å². The molecule has 1 aliphatic heterocycles. The van der Waals surface area contributed by atoms with E-state index in [1.807, 2.05) is 4.98 Å². The summed E-state index contributed by atoms with van der Waals surface area (Å²) in [7, 11) is 0. The monoisotopic (exact) mass is 467 g/mol. The molecule has 0 aliphatic carbocycles. The van der Waals surface area contributed by atoms with Crippen LogP contribution in [0.15, 0.2) is 38.7 Å². The van der Waals surface area contributed by atoms with Crippen molar-refractivity contribution in [1.29, 1.82) is 0 Å². The molecular weight excluding hydrogens is 438 g/mol. The van der Waals surface area contributed by atoms with E-state index in [-0.39, 0.29) is 32.3 Å². The van der Waals surface area contributed by atoms with Gasteiger partial charge in [0.05, 0.1) is 19.7 Å². The second kappa shape index (κ2) is 15.2. The van der Waals surface area contributed by atoms with Crippen molar-refractivity contribution in [2.24, 2.45) is 0 Å². The van der Waals surface area contributed by atoms with E-state index in [9.17, 15) is 28.8 Å². The summed E-state index contributed by atoms with van der Waals surface area (Å²) in [4.78, 5) is 70.5. The molecule has 0 radical (unpaired) electrons. The molecule has 0 spiro atoms. The maximum atomic E-state index is 12.2. The van der Waals surface area contributed by atoms with Gasteiger partial charge >= 0.3 is 35.0 Å². The summed E-state index contributed by atoms with van der Waals surface area (Å²) < 4.78 is 15.8. The normalized spacial score (nSPS) is 13.7. The Labute approximate surface area is 189 Å². The van der Waals surface area contributed by atoms with Crippen molar-refractivity contribution in [3.63, 3.8) is 0 Å². The average molecular weight is 467 g/mol. The lowest BCUT2D eigenvalue weighted by Crippen LogP contribution is -2.50. The molecule has 1 saturated heterocycles. The summed E-state index contributed by atoms with van der Waals surface area (Å²) in [5.74, 6) is -1.25. The molecule has 0 bridgehead atoms. The number of aromatic amines is 1. The Morgan fingerprint density at radius 3 is 1.88 bits per heavy atom. The maximum absolute atomic E-state index is 12.2. The van der Waals surface area contributed by atoms with Crippen LogP contribution in [0.25, 0.3) is 0 Å². The first kappa shape index (κ1) is 27.3. The van der Waals surface area contributed by atoms with Crippen molar-refractivity contribution in [2.75, 3.05) is 19.8 Å². The van der Waals surface area contributed by atoms with Gasteiger partial charge in [0.25, 0.3) is 0 Å². The first-order chi connectivity index (χ1) is 15.8. The Kier molecular flexibility index (Phi) is 12.6. The highest BCUT2D eigenvalue weighted by molar-refractivity contribution is 5.82. The van der Waals surface area contributed by atoms with Gasteiger partial charge in [0, 0.05) is 18.6 Å². The number of aromatic nitrogens is 3. The molecule has 0 atom stereocenters. The number of nitrogens with one attached hydrogen (secondary N) is 1. The quantitative estimate of drug-likeness (QED) is 0.317. The van der Waals surface area contributed by atoms with Crippen LogP contribution >= 0.6 is 0 Å². The van der Waals surface area contributed by atoms with Crippen molar-refractivity contribution in [2.45, 2.75) is 52.6 Å². The van der Waals surface area contributed by atoms with Crippen LogP contribution in [0.1, 0.15) is 39.5 Å². The van der Waals surface area contributed by atoms with Gasteiger partial charge in [0.1, 0.15) is 13.2 Å². The van der Waals surface area contributed by atoms with Gasteiger partial charge in [-0.05, 0) is 33.1 Å². The van der Waals surface area contributed by atoms with Gasteiger partial charge < -0.3 is 14.2 Å². The van der Waals surface area contributed by atoms with E-state index in [1.54, 1.807) is 13.8 Å². The molecule has 1 aromatic heterocycles. The summed E-state index contributed by atoms with van der Waals surface area (Å²) in [6.45, 7) is 3.01. The molecule has 0 unspecified atom stereocenters. The van der Waals surface area contributed by atoms with Crippen LogP contribution in [-0.2, 0) is 41.7 Å². The number of H-pyrrole nitrogens is 1. The van der Waals surface area contributed by atoms with E-state index >= 15 is 0 Å². The van der Waals surface area contributed by atoms with Crippen LogP contribution in [0.4, 0.5) is 0 Å². The first-order valence-corrected chi connectivity index (χ1v) is 10.5.